The fraction of sp³-hybridized carbons (Fsp3) is 0.286. The summed E-state index contributed by atoms with van der Waals surface area (Å²) in [7, 11) is 0. The number of halogens is 4. The molecule has 0 saturated heterocycles. The van der Waals surface area contributed by atoms with Gasteiger partial charge < -0.3 is 15.2 Å². The molecule has 2 heterocycles. The van der Waals surface area contributed by atoms with E-state index in [9.17, 15) is 23.1 Å². The zero-order valence-corrected chi connectivity index (χ0v) is 20.0. The Bertz CT molecular complexity index is 1060. The van der Waals surface area contributed by atoms with Crippen molar-refractivity contribution < 1.29 is 27.8 Å². The third-order valence-corrected chi connectivity index (χ3v) is 6.43. The van der Waals surface area contributed by atoms with Crippen molar-refractivity contribution in [1.29, 1.82) is 0 Å². The predicted molar refractivity (Wildman–Crippen MR) is 125 cm³/mol. The molecule has 0 amide bonds. The first-order chi connectivity index (χ1) is 15.0. The van der Waals surface area contributed by atoms with Gasteiger partial charge in [0.2, 0.25) is 0 Å². The van der Waals surface area contributed by atoms with E-state index in [2.05, 4.69) is 20.0 Å². The van der Waals surface area contributed by atoms with Gasteiger partial charge in [0.25, 0.3) is 0 Å². The molecule has 0 aliphatic carbocycles. The second-order valence-electron chi connectivity index (χ2n) is 7.20. The first-order valence-corrected chi connectivity index (χ1v) is 11.1. The van der Waals surface area contributed by atoms with Gasteiger partial charge in [-0.1, -0.05) is 23.9 Å². The van der Waals surface area contributed by atoms with Gasteiger partial charge in [-0.3, -0.25) is 4.79 Å². The van der Waals surface area contributed by atoms with Crippen LogP contribution in [0.5, 0.6) is 5.75 Å². The summed E-state index contributed by atoms with van der Waals surface area (Å²) in [6.07, 6.45) is -2.44. The third kappa shape index (κ3) is 8.09. The molecule has 1 aromatic carbocycles. The minimum Gasteiger partial charge on any atom is -0.480 e. The second-order valence-corrected chi connectivity index (χ2v) is 9.93. The Labute approximate surface area is 203 Å². The van der Waals surface area contributed by atoms with Crippen LogP contribution >= 0.6 is 35.5 Å². The van der Waals surface area contributed by atoms with Crippen molar-refractivity contribution in [1.82, 2.24) is 9.97 Å². The number of carbonyl (C=O) groups is 1. The van der Waals surface area contributed by atoms with Gasteiger partial charge >= 0.3 is 12.3 Å². The summed E-state index contributed by atoms with van der Waals surface area (Å²) >= 11 is 2.64. The van der Waals surface area contributed by atoms with E-state index in [1.165, 1.54) is 47.4 Å². The number of benzene rings is 1. The molecule has 0 atom stereocenters. The lowest BCUT2D eigenvalue weighted by Crippen LogP contribution is -2.26. The first kappa shape index (κ1) is 26.7. The summed E-state index contributed by atoms with van der Waals surface area (Å²) in [6.45, 7) is 3.87. The molecule has 3 aromatic rings. The molecule has 2 aromatic heterocycles. The maximum Gasteiger partial charge on any atom is 0.573 e. The van der Waals surface area contributed by atoms with Gasteiger partial charge in [0.15, 0.2) is 4.34 Å². The highest BCUT2D eigenvalue weighted by Gasteiger charge is 2.31. The molecule has 0 unspecified atom stereocenters. The van der Waals surface area contributed by atoms with E-state index in [1.54, 1.807) is 26.1 Å². The fourth-order valence-corrected chi connectivity index (χ4v) is 4.77. The smallest absolute Gasteiger partial charge is 0.480 e. The standard InChI is InChI=1S/C21H20F3N3O3S2.ClH/c1-20(2,18(28)29)32-19-27-15(12-31-19)9-10-25-17-8-5-14(11-26-17)13-3-6-16(7-4-13)30-21(22,23)24;/h3-8,11-12H,9-10H2,1-2H3,(H,25,26)(H,28,29);1H. The Balaban J connectivity index is 0.00000385. The number of hydrogen-bond donors (Lipinski definition) is 2. The number of carboxylic acid groups (broad SMARTS) is 1. The van der Waals surface area contributed by atoms with Gasteiger partial charge in [0, 0.05) is 30.1 Å². The topological polar surface area (TPSA) is 84.3 Å². The van der Waals surface area contributed by atoms with E-state index in [1.807, 2.05) is 11.4 Å². The maximum atomic E-state index is 12.2. The Hall–Kier alpha value is -2.50. The number of aromatic nitrogens is 2. The minimum absolute atomic E-state index is 0. The van der Waals surface area contributed by atoms with Gasteiger partial charge in [-0.25, -0.2) is 9.97 Å². The summed E-state index contributed by atoms with van der Waals surface area (Å²) in [6, 6.07) is 9.19. The highest BCUT2D eigenvalue weighted by Crippen LogP contribution is 2.34. The van der Waals surface area contributed by atoms with Crippen LogP contribution in [0.1, 0.15) is 19.5 Å². The van der Waals surface area contributed by atoms with Gasteiger partial charge in [0.1, 0.15) is 16.3 Å². The molecule has 2 N–H and O–H groups in total. The van der Waals surface area contributed by atoms with Crippen LogP contribution in [0, 0.1) is 0 Å². The molecule has 0 saturated carbocycles. The number of nitrogens with one attached hydrogen (secondary N) is 1. The molecule has 0 fully saturated rings. The number of ether oxygens (including phenoxy) is 1. The Kier molecular flexibility index (Phi) is 8.98. The van der Waals surface area contributed by atoms with Crippen molar-refractivity contribution in [3.63, 3.8) is 0 Å². The van der Waals surface area contributed by atoms with E-state index in [4.69, 9.17) is 0 Å². The lowest BCUT2D eigenvalue weighted by molar-refractivity contribution is -0.274. The number of thiazole rings is 1. The fourth-order valence-electron chi connectivity index (χ4n) is 2.55. The molecule has 0 radical (unpaired) electrons. The molecule has 0 aliphatic heterocycles. The number of carboxylic acids is 1. The van der Waals surface area contributed by atoms with Crippen molar-refractivity contribution in [3.05, 3.63) is 53.7 Å². The summed E-state index contributed by atoms with van der Waals surface area (Å²) in [5.74, 6) is -0.508. The maximum absolute atomic E-state index is 12.2. The van der Waals surface area contributed by atoms with E-state index >= 15 is 0 Å². The minimum atomic E-state index is -4.72. The molecule has 12 heteroatoms. The molecule has 33 heavy (non-hydrogen) atoms. The van der Waals surface area contributed by atoms with Crippen LogP contribution in [0.2, 0.25) is 0 Å². The Morgan fingerprint density at radius 3 is 2.39 bits per heavy atom. The zero-order valence-electron chi connectivity index (χ0n) is 17.5. The largest absolute Gasteiger partial charge is 0.573 e. The lowest BCUT2D eigenvalue weighted by Gasteiger charge is -2.15. The van der Waals surface area contributed by atoms with Gasteiger partial charge in [-0.15, -0.1) is 36.9 Å². The normalized spacial score (nSPS) is 11.5. The molecule has 0 spiro atoms. The summed E-state index contributed by atoms with van der Waals surface area (Å²) < 4.78 is 40.4. The van der Waals surface area contributed by atoms with Crippen molar-refractivity contribution in [2.75, 3.05) is 11.9 Å². The summed E-state index contributed by atoms with van der Waals surface area (Å²) in [4.78, 5) is 20.0. The van der Waals surface area contributed by atoms with Crippen LogP contribution in [0.4, 0.5) is 19.0 Å². The number of pyridine rings is 1. The van der Waals surface area contributed by atoms with Crippen LogP contribution in [-0.4, -0.2) is 38.7 Å². The lowest BCUT2D eigenvalue weighted by atomic mass is 10.1. The molecule has 6 nitrogen and oxygen atoms in total. The van der Waals surface area contributed by atoms with Crippen LogP contribution in [-0.2, 0) is 11.2 Å². The molecule has 0 bridgehead atoms. The van der Waals surface area contributed by atoms with Gasteiger partial charge in [-0.2, -0.15) is 0 Å². The SMILES string of the molecule is CC(C)(Sc1nc(CCNc2ccc(-c3ccc(OC(F)(F)F)cc3)cn2)cs1)C(=O)O.Cl. The average Bonchev–Trinajstić information content (AvgIpc) is 3.14. The molecule has 3 rings (SSSR count). The quantitative estimate of drug-likeness (QED) is 0.329. The first-order valence-electron chi connectivity index (χ1n) is 9.45. The molecule has 0 aliphatic rings. The van der Waals surface area contributed by atoms with Crippen LogP contribution < -0.4 is 10.1 Å². The molecule has 178 valence electrons. The van der Waals surface area contributed by atoms with Crippen LogP contribution in [0.3, 0.4) is 0 Å². The van der Waals surface area contributed by atoms with Crippen molar-refractivity contribution in [3.8, 4) is 16.9 Å². The molecular weight excluding hydrogens is 499 g/mol. The number of alkyl halides is 3. The monoisotopic (exact) mass is 519 g/mol. The second kappa shape index (κ2) is 11.1. The zero-order chi connectivity index (χ0) is 23.4. The highest BCUT2D eigenvalue weighted by atomic mass is 35.5. The van der Waals surface area contributed by atoms with Crippen LogP contribution in [0.15, 0.2) is 52.3 Å². The van der Waals surface area contributed by atoms with E-state index in [0.29, 0.717) is 23.1 Å². The Morgan fingerprint density at radius 1 is 1.15 bits per heavy atom. The average molecular weight is 520 g/mol. The predicted octanol–water partition coefficient (Wildman–Crippen LogP) is 6.14. The number of aliphatic carboxylic acids is 1. The number of anilines is 1. The van der Waals surface area contributed by atoms with E-state index < -0.39 is 17.1 Å². The summed E-state index contributed by atoms with van der Waals surface area (Å²) in [5, 5.41) is 14.3. The molecular formula is C21H21ClF3N3O3S2. The van der Waals surface area contributed by atoms with Crippen LogP contribution in [0.25, 0.3) is 11.1 Å². The summed E-state index contributed by atoms with van der Waals surface area (Å²) in [5.41, 5.74) is 2.34. The highest BCUT2D eigenvalue weighted by molar-refractivity contribution is 8.02. The Morgan fingerprint density at radius 2 is 1.82 bits per heavy atom. The van der Waals surface area contributed by atoms with Crippen molar-refractivity contribution >= 4 is 47.3 Å². The number of thioether (sulfide) groups is 1. The van der Waals surface area contributed by atoms with Crippen molar-refractivity contribution in [2.45, 2.75) is 35.7 Å². The van der Waals surface area contributed by atoms with Crippen molar-refractivity contribution in [2.24, 2.45) is 0 Å². The van der Waals surface area contributed by atoms with Gasteiger partial charge in [-0.05, 0) is 43.7 Å². The van der Waals surface area contributed by atoms with E-state index in [-0.39, 0.29) is 18.2 Å². The number of hydrogen-bond acceptors (Lipinski definition) is 7. The number of rotatable bonds is 9. The van der Waals surface area contributed by atoms with E-state index in [0.717, 1.165) is 16.8 Å². The third-order valence-electron chi connectivity index (χ3n) is 4.26. The number of nitrogens with zero attached hydrogens (tertiary/aromatic N) is 2. The van der Waals surface area contributed by atoms with Gasteiger partial charge in [0.05, 0.1) is 5.69 Å².